The van der Waals surface area contributed by atoms with Gasteiger partial charge in [-0.25, -0.2) is 0 Å². The second-order valence-electron chi connectivity index (χ2n) is 12.7. The van der Waals surface area contributed by atoms with Crippen LogP contribution >= 0.6 is 11.6 Å². The molecule has 0 saturated heterocycles. The fourth-order valence-corrected chi connectivity index (χ4v) is 5.67. The molecular formula is C38H37ClN2O6S. The summed E-state index contributed by atoms with van der Waals surface area (Å²) < 4.78 is 36.8. The van der Waals surface area contributed by atoms with Gasteiger partial charge in [-0.05, 0) is 71.0 Å². The lowest BCUT2D eigenvalue weighted by Crippen LogP contribution is -2.28. The minimum atomic E-state index is -4.18. The van der Waals surface area contributed by atoms with Gasteiger partial charge >= 0.3 is 0 Å². The summed E-state index contributed by atoms with van der Waals surface area (Å²) >= 11 is 6.68. The van der Waals surface area contributed by atoms with E-state index in [9.17, 15) is 18.0 Å². The van der Waals surface area contributed by atoms with E-state index < -0.39 is 27.7 Å². The van der Waals surface area contributed by atoms with E-state index in [1.165, 1.54) is 0 Å². The summed E-state index contributed by atoms with van der Waals surface area (Å²) in [4.78, 5) is 26.4. The van der Waals surface area contributed by atoms with E-state index in [4.69, 9.17) is 20.6 Å². The van der Waals surface area contributed by atoms with Crippen LogP contribution in [0, 0.1) is 5.41 Å². The third-order valence-corrected chi connectivity index (χ3v) is 8.70. The van der Waals surface area contributed by atoms with Crippen LogP contribution in [-0.2, 0) is 21.3 Å². The van der Waals surface area contributed by atoms with E-state index in [0.717, 1.165) is 33.2 Å². The Morgan fingerprint density at radius 2 is 1.65 bits per heavy atom. The number of hydrogen-bond donors (Lipinski definition) is 3. The van der Waals surface area contributed by atoms with E-state index in [2.05, 4.69) is 43.6 Å². The van der Waals surface area contributed by atoms with Crippen LogP contribution in [0.15, 0.2) is 108 Å². The van der Waals surface area contributed by atoms with Crippen LogP contribution in [-0.4, -0.2) is 37.1 Å². The molecule has 0 fully saturated rings. The van der Waals surface area contributed by atoms with Gasteiger partial charge in [-0.15, -0.1) is 0 Å². The molecule has 0 saturated carbocycles. The Kier molecular flexibility index (Phi) is 10.5. The van der Waals surface area contributed by atoms with Gasteiger partial charge in [0, 0.05) is 23.1 Å². The number of amides is 2. The minimum Gasteiger partial charge on any atom is -0.456 e. The number of nitrogens with one attached hydrogen (secondary N) is 2. The standard InChI is InChI=1S/C38H37ClN2O6S/c1-38(2,3)19-18-25-8-12-27(13-9-25)31(22-26-10-14-28(15-11-26)36(42)40-20-21-48(44,45)46)37(43)41-33-17-16-30(23-32(33)39)35-24-29-6-4-5-7-34(29)47-35/h4-19,23-24,31H,20-22H2,1-3H3,(H,40,42)(H,41,43)(H,44,45,46)/b19-18+. The SMILES string of the molecule is CC(C)(C)/C=C/c1ccc(C(Cc2ccc(C(=O)NCCS(=O)(=O)O)cc2)C(=O)Nc2ccc(-c3cc4ccccc4o3)cc2Cl)cc1. The Labute approximate surface area is 285 Å². The molecule has 5 aromatic rings. The first kappa shape index (κ1) is 34.6. The highest BCUT2D eigenvalue weighted by Gasteiger charge is 2.23. The van der Waals surface area contributed by atoms with Gasteiger partial charge in [0.15, 0.2) is 0 Å². The summed E-state index contributed by atoms with van der Waals surface area (Å²) in [5, 5.41) is 6.83. The average molecular weight is 685 g/mol. The van der Waals surface area contributed by atoms with Crippen LogP contribution in [0.1, 0.15) is 53.7 Å². The molecule has 0 aliphatic heterocycles. The lowest BCUT2D eigenvalue weighted by molar-refractivity contribution is -0.117. The highest BCUT2D eigenvalue weighted by Crippen LogP contribution is 2.33. The maximum absolute atomic E-state index is 13.9. The van der Waals surface area contributed by atoms with E-state index in [-0.39, 0.29) is 17.9 Å². The summed E-state index contributed by atoms with van der Waals surface area (Å²) in [6, 6.07) is 29.6. The highest BCUT2D eigenvalue weighted by molar-refractivity contribution is 7.85. The zero-order valence-electron chi connectivity index (χ0n) is 26.9. The van der Waals surface area contributed by atoms with Gasteiger partial charge in [0.1, 0.15) is 11.3 Å². The van der Waals surface area contributed by atoms with Crippen molar-refractivity contribution in [3.05, 3.63) is 130 Å². The molecule has 8 nitrogen and oxygen atoms in total. The lowest BCUT2D eigenvalue weighted by atomic mass is 9.89. The van der Waals surface area contributed by atoms with Crippen molar-refractivity contribution < 1.29 is 27.0 Å². The molecule has 0 aliphatic carbocycles. The molecule has 248 valence electrons. The first-order chi connectivity index (χ1) is 22.7. The molecule has 0 aliphatic rings. The van der Waals surface area contributed by atoms with Crippen molar-refractivity contribution in [2.45, 2.75) is 33.1 Å². The number of benzene rings is 4. The summed E-state index contributed by atoms with van der Waals surface area (Å²) in [5.41, 5.74) is 5.01. The van der Waals surface area contributed by atoms with E-state index in [1.54, 1.807) is 36.4 Å². The molecule has 2 amide bonds. The molecule has 48 heavy (non-hydrogen) atoms. The third-order valence-electron chi connectivity index (χ3n) is 7.67. The number of furan rings is 1. The number of allylic oxidation sites excluding steroid dienone is 1. The molecule has 1 unspecified atom stereocenters. The van der Waals surface area contributed by atoms with Crippen molar-refractivity contribution in [1.82, 2.24) is 5.32 Å². The Balaban J connectivity index is 1.36. The number of rotatable bonds is 11. The number of para-hydroxylation sites is 1. The van der Waals surface area contributed by atoms with Gasteiger partial charge in [0.25, 0.3) is 16.0 Å². The van der Waals surface area contributed by atoms with Crippen molar-refractivity contribution in [3.8, 4) is 11.3 Å². The molecule has 0 spiro atoms. The first-order valence-electron chi connectivity index (χ1n) is 15.4. The van der Waals surface area contributed by atoms with Crippen molar-refractivity contribution in [2.24, 2.45) is 5.41 Å². The van der Waals surface area contributed by atoms with Gasteiger partial charge < -0.3 is 15.1 Å². The van der Waals surface area contributed by atoms with Crippen molar-refractivity contribution in [2.75, 3.05) is 17.6 Å². The number of carbonyl (C=O) groups excluding carboxylic acids is 2. The number of carbonyl (C=O) groups is 2. The summed E-state index contributed by atoms with van der Waals surface area (Å²) in [6.45, 7) is 6.16. The summed E-state index contributed by atoms with van der Waals surface area (Å²) in [5.74, 6) is -1.22. The van der Waals surface area contributed by atoms with E-state index >= 15 is 0 Å². The molecule has 5 rings (SSSR count). The zero-order valence-corrected chi connectivity index (χ0v) is 28.4. The quantitative estimate of drug-likeness (QED) is 0.120. The predicted octanol–water partition coefficient (Wildman–Crippen LogP) is 8.40. The molecule has 0 bridgehead atoms. The van der Waals surface area contributed by atoms with Crippen LogP contribution in [0.25, 0.3) is 28.4 Å². The van der Waals surface area contributed by atoms with Gasteiger partial charge in [-0.3, -0.25) is 14.1 Å². The fourth-order valence-electron chi connectivity index (χ4n) is 5.08. The topological polar surface area (TPSA) is 126 Å². The largest absolute Gasteiger partial charge is 0.456 e. The predicted molar refractivity (Wildman–Crippen MR) is 192 cm³/mol. The van der Waals surface area contributed by atoms with Crippen LogP contribution in [0.5, 0.6) is 0 Å². The molecular weight excluding hydrogens is 648 g/mol. The zero-order chi connectivity index (χ0) is 34.5. The Morgan fingerprint density at radius 3 is 2.29 bits per heavy atom. The maximum atomic E-state index is 13.9. The van der Waals surface area contributed by atoms with Gasteiger partial charge in [0.2, 0.25) is 5.91 Å². The molecule has 10 heteroatoms. The van der Waals surface area contributed by atoms with Crippen LogP contribution in [0.4, 0.5) is 5.69 Å². The molecule has 3 N–H and O–H groups in total. The Morgan fingerprint density at radius 1 is 0.938 bits per heavy atom. The Bertz CT molecular complexity index is 2030. The second kappa shape index (κ2) is 14.6. The fraction of sp³-hybridized carbons (Fsp3) is 0.211. The number of fused-ring (bicyclic) bond motifs is 1. The van der Waals surface area contributed by atoms with Crippen LogP contribution in [0.3, 0.4) is 0 Å². The van der Waals surface area contributed by atoms with Crippen molar-refractivity contribution in [3.63, 3.8) is 0 Å². The summed E-state index contributed by atoms with van der Waals surface area (Å²) in [7, 11) is -4.18. The average Bonchev–Trinajstić information content (AvgIpc) is 3.48. The minimum absolute atomic E-state index is 0.0277. The van der Waals surface area contributed by atoms with E-state index in [1.807, 2.05) is 60.7 Å². The second-order valence-corrected chi connectivity index (χ2v) is 14.7. The van der Waals surface area contributed by atoms with Crippen molar-refractivity contribution >= 4 is 56.3 Å². The third kappa shape index (κ3) is 9.44. The Hall–Kier alpha value is -4.70. The normalized spacial score (nSPS) is 12.7. The highest BCUT2D eigenvalue weighted by atomic mass is 35.5. The molecule has 1 atom stereocenters. The summed E-state index contributed by atoms with van der Waals surface area (Å²) in [6.07, 6.45) is 4.52. The maximum Gasteiger partial charge on any atom is 0.266 e. The van der Waals surface area contributed by atoms with Crippen LogP contribution in [0.2, 0.25) is 5.02 Å². The molecule has 1 heterocycles. The van der Waals surface area contributed by atoms with Crippen molar-refractivity contribution in [1.29, 1.82) is 0 Å². The molecule has 1 aromatic heterocycles. The van der Waals surface area contributed by atoms with Gasteiger partial charge in [-0.2, -0.15) is 8.42 Å². The number of hydrogen-bond acceptors (Lipinski definition) is 5. The molecule has 4 aromatic carbocycles. The monoisotopic (exact) mass is 684 g/mol. The number of halogens is 1. The van der Waals surface area contributed by atoms with Gasteiger partial charge in [-0.1, -0.05) is 99.1 Å². The smallest absolute Gasteiger partial charge is 0.266 e. The molecule has 0 radical (unpaired) electrons. The number of anilines is 1. The van der Waals surface area contributed by atoms with Gasteiger partial charge in [0.05, 0.1) is 22.4 Å². The van der Waals surface area contributed by atoms with E-state index in [0.29, 0.717) is 28.5 Å². The first-order valence-corrected chi connectivity index (χ1v) is 17.4. The lowest BCUT2D eigenvalue weighted by Gasteiger charge is -2.19. The van der Waals surface area contributed by atoms with Crippen LogP contribution < -0.4 is 10.6 Å².